The van der Waals surface area contributed by atoms with Gasteiger partial charge in [0.05, 0.1) is 6.54 Å². The van der Waals surface area contributed by atoms with Crippen LogP contribution in [-0.2, 0) is 14.0 Å². The van der Waals surface area contributed by atoms with Gasteiger partial charge in [0.2, 0.25) is 5.91 Å². The number of imide groups is 1. The number of carbonyl (C=O) groups excluding carboxylic acids is 2. The zero-order chi connectivity index (χ0) is 18.3. The molecular weight excluding hydrogens is 322 g/mol. The predicted molar refractivity (Wildman–Crippen MR) is 96.2 cm³/mol. The summed E-state index contributed by atoms with van der Waals surface area (Å²) in [5.74, 6) is 0.00124. The number of carbonyl (C=O) groups is 2. The van der Waals surface area contributed by atoms with Crippen molar-refractivity contribution >= 4 is 20.3 Å². The molecule has 5 nitrogen and oxygen atoms in total. The summed E-state index contributed by atoms with van der Waals surface area (Å²) in [7, 11) is -1.79. The van der Waals surface area contributed by atoms with Gasteiger partial charge in [0.25, 0.3) is 0 Å². The maximum absolute atomic E-state index is 12.6. The van der Waals surface area contributed by atoms with Crippen molar-refractivity contribution in [3.8, 4) is 0 Å². The van der Waals surface area contributed by atoms with Crippen LogP contribution in [-0.4, -0.2) is 45.0 Å². The Morgan fingerprint density at radius 3 is 2.50 bits per heavy atom. The van der Waals surface area contributed by atoms with Crippen LogP contribution in [0, 0.1) is 17.3 Å². The fraction of sp³-hybridized carbons (Fsp3) is 0.889. The Morgan fingerprint density at radius 1 is 1.46 bits per heavy atom. The monoisotopic (exact) mass is 355 g/mol. The lowest BCUT2D eigenvalue weighted by Crippen LogP contribution is -2.52. The molecular formula is C18H33NO4Si. The van der Waals surface area contributed by atoms with Gasteiger partial charge in [-0.05, 0) is 42.3 Å². The van der Waals surface area contributed by atoms with Crippen LogP contribution in [0.25, 0.3) is 0 Å². The van der Waals surface area contributed by atoms with Crippen molar-refractivity contribution in [2.75, 3.05) is 19.8 Å². The molecule has 0 radical (unpaired) electrons. The number of hydrogen-bond acceptors (Lipinski definition) is 4. The highest BCUT2D eigenvalue weighted by molar-refractivity contribution is 6.74. The van der Waals surface area contributed by atoms with Gasteiger partial charge >= 0.3 is 6.09 Å². The lowest BCUT2D eigenvalue weighted by molar-refractivity contribution is -0.139. The van der Waals surface area contributed by atoms with Gasteiger partial charge in [-0.1, -0.05) is 34.6 Å². The summed E-state index contributed by atoms with van der Waals surface area (Å²) < 4.78 is 11.3. The molecule has 0 bridgehead atoms. The second-order valence-corrected chi connectivity index (χ2v) is 14.1. The molecule has 2 aliphatic rings. The van der Waals surface area contributed by atoms with E-state index in [0.29, 0.717) is 19.8 Å². The van der Waals surface area contributed by atoms with Gasteiger partial charge in [0.1, 0.15) is 6.61 Å². The molecule has 3 atom stereocenters. The molecule has 1 saturated carbocycles. The number of nitrogens with zero attached hydrogens (tertiary/aromatic N) is 1. The van der Waals surface area contributed by atoms with E-state index in [9.17, 15) is 9.59 Å². The molecule has 0 aromatic rings. The fourth-order valence-corrected chi connectivity index (χ4v) is 4.53. The Bertz CT molecular complexity index is 514. The highest BCUT2D eigenvalue weighted by Gasteiger charge is 2.50. The van der Waals surface area contributed by atoms with Crippen molar-refractivity contribution in [3.63, 3.8) is 0 Å². The summed E-state index contributed by atoms with van der Waals surface area (Å²) in [6, 6.07) is 0. The average Bonchev–Trinajstić information content (AvgIpc) is 2.87. The SMILES string of the molecule is C[C@H](C(=O)N1CCOC1=O)[C@@H]1CC[C@@]1(C)CO[Si](C)(C)C(C)(C)C. The van der Waals surface area contributed by atoms with Gasteiger partial charge in [0, 0.05) is 12.5 Å². The molecule has 1 aliphatic carbocycles. The maximum Gasteiger partial charge on any atom is 0.416 e. The molecule has 24 heavy (non-hydrogen) atoms. The molecule has 2 rings (SSSR count). The molecule has 0 N–H and O–H groups in total. The van der Waals surface area contributed by atoms with E-state index in [4.69, 9.17) is 9.16 Å². The second-order valence-electron chi connectivity index (χ2n) is 9.24. The van der Waals surface area contributed by atoms with Gasteiger partial charge in [-0.2, -0.15) is 0 Å². The van der Waals surface area contributed by atoms with E-state index in [1.54, 1.807) is 0 Å². The summed E-state index contributed by atoms with van der Waals surface area (Å²) >= 11 is 0. The molecule has 138 valence electrons. The third-order valence-electron chi connectivity index (χ3n) is 6.51. The standard InChI is InChI=1S/C18H33NO4Si/c1-13(15(20)19-10-11-22-16(19)21)14-8-9-18(14,5)12-23-24(6,7)17(2,3)4/h13-14H,8-12H2,1-7H3/t13-,14-,18-/m0/s1. The summed E-state index contributed by atoms with van der Waals surface area (Å²) in [6.45, 7) is 16.8. The summed E-state index contributed by atoms with van der Waals surface area (Å²) in [5, 5.41) is 0.184. The van der Waals surface area contributed by atoms with E-state index < -0.39 is 14.4 Å². The number of rotatable bonds is 5. The van der Waals surface area contributed by atoms with Gasteiger partial charge in [-0.25, -0.2) is 9.69 Å². The van der Waals surface area contributed by atoms with Crippen molar-refractivity contribution in [2.45, 2.75) is 65.6 Å². The number of amides is 2. The van der Waals surface area contributed by atoms with Gasteiger partial charge in [-0.15, -0.1) is 0 Å². The van der Waals surface area contributed by atoms with Gasteiger partial charge < -0.3 is 9.16 Å². The molecule has 0 unspecified atom stereocenters. The topological polar surface area (TPSA) is 55.8 Å². The van der Waals surface area contributed by atoms with E-state index >= 15 is 0 Å². The highest BCUT2D eigenvalue weighted by Crippen LogP contribution is 2.52. The summed E-state index contributed by atoms with van der Waals surface area (Å²) in [5.41, 5.74) is 0.0220. The lowest BCUT2D eigenvalue weighted by Gasteiger charge is -2.51. The van der Waals surface area contributed by atoms with Crippen LogP contribution >= 0.6 is 0 Å². The largest absolute Gasteiger partial charge is 0.447 e. The van der Waals surface area contributed by atoms with Crippen LogP contribution in [0.4, 0.5) is 4.79 Å². The third kappa shape index (κ3) is 3.54. The van der Waals surface area contributed by atoms with Crippen molar-refractivity contribution in [2.24, 2.45) is 17.3 Å². The van der Waals surface area contributed by atoms with E-state index in [1.165, 1.54) is 4.90 Å². The van der Waals surface area contributed by atoms with Crippen molar-refractivity contribution in [3.05, 3.63) is 0 Å². The zero-order valence-electron chi connectivity index (χ0n) is 16.3. The third-order valence-corrected chi connectivity index (χ3v) is 11.0. The molecule has 2 amide bonds. The molecule has 0 spiro atoms. The number of cyclic esters (lactones) is 1. The second kappa shape index (κ2) is 6.45. The van der Waals surface area contributed by atoms with E-state index in [2.05, 4.69) is 40.8 Å². The van der Waals surface area contributed by atoms with E-state index in [0.717, 1.165) is 12.8 Å². The first-order valence-electron chi connectivity index (χ1n) is 9.01. The van der Waals surface area contributed by atoms with Crippen molar-refractivity contribution in [1.29, 1.82) is 0 Å². The lowest BCUT2D eigenvalue weighted by atomic mass is 9.57. The molecule has 1 aliphatic heterocycles. The van der Waals surface area contributed by atoms with Crippen LogP contribution in [0.3, 0.4) is 0 Å². The Labute approximate surface area is 147 Å². The number of hydrogen-bond donors (Lipinski definition) is 0. The number of ether oxygens (including phenoxy) is 1. The van der Waals surface area contributed by atoms with Gasteiger partial charge in [0.15, 0.2) is 8.32 Å². The molecule has 0 aromatic heterocycles. The minimum atomic E-state index is -1.79. The Balaban J connectivity index is 1.99. The van der Waals surface area contributed by atoms with Crippen LogP contribution in [0.5, 0.6) is 0 Å². The quantitative estimate of drug-likeness (QED) is 0.698. The molecule has 1 saturated heterocycles. The van der Waals surface area contributed by atoms with E-state index in [1.807, 2.05) is 6.92 Å². The van der Waals surface area contributed by atoms with Crippen LogP contribution in [0.1, 0.15) is 47.5 Å². The summed E-state index contributed by atoms with van der Waals surface area (Å²) in [4.78, 5) is 25.5. The van der Waals surface area contributed by atoms with Crippen LogP contribution < -0.4 is 0 Å². The van der Waals surface area contributed by atoms with Crippen molar-refractivity contribution in [1.82, 2.24) is 4.90 Å². The first-order valence-corrected chi connectivity index (χ1v) is 11.9. The van der Waals surface area contributed by atoms with Gasteiger partial charge in [-0.3, -0.25) is 4.79 Å². The summed E-state index contributed by atoms with van der Waals surface area (Å²) in [6.07, 6.45) is 1.60. The maximum atomic E-state index is 12.6. The molecule has 6 heteroatoms. The Morgan fingerprint density at radius 2 is 2.08 bits per heavy atom. The minimum absolute atomic E-state index is 0.0220. The van der Waals surface area contributed by atoms with E-state index in [-0.39, 0.29) is 28.2 Å². The Kier molecular flexibility index (Phi) is 5.22. The zero-order valence-corrected chi connectivity index (χ0v) is 17.3. The average molecular weight is 356 g/mol. The van der Waals surface area contributed by atoms with Crippen molar-refractivity contribution < 1.29 is 18.8 Å². The highest BCUT2D eigenvalue weighted by atomic mass is 28.4. The fourth-order valence-electron chi connectivity index (χ4n) is 3.41. The van der Waals surface area contributed by atoms with Crippen LogP contribution in [0.2, 0.25) is 18.1 Å². The smallest absolute Gasteiger partial charge is 0.416 e. The van der Waals surface area contributed by atoms with Crippen LogP contribution in [0.15, 0.2) is 0 Å². The molecule has 2 fully saturated rings. The first-order chi connectivity index (χ1) is 10.9. The minimum Gasteiger partial charge on any atom is -0.447 e. The predicted octanol–water partition coefficient (Wildman–Crippen LogP) is 4.04. The Hall–Kier alpha value is -0.883. The molecule has 1 heterocycles. The normalized spacial score (nSPS) is 29.2. The first kappa shape index (κ1) is 19.4. The molecule has 0 aromatic carbocycles.